The first-order valence-corrected chi connectivity index (χ1v) is 8.32. The van der Waals surface area contributed by atoms with Crippen molar-refractivity contribution in [2.45, 2.75) is 18.9 Å². The average molecular weight is 416 g/mol. The number of hydrogen-bond donors (Lipinski definition) is 0. The summed E-state index contributed by atoms with van der Waals surface area (Å²) in [7, 11) is 0. The Balaban J connectivity index is 1.66. The van der Waals surface area contributed by atoms with Crippen molar-refractivity contribution in [1.29, 1.82) is 0 Å². The van der Waals surface area contributed by atoms with Gasteiger partial charge in [-0.25, -0.2) is 4.98 Å². The topological polar surface area (TPSA) is 38.1 Å². The van der Waals surface area contributed by atoms with Gasteiger partial charge < -0.3 is 9.47 Å². The maximum absolute atomic E-state index is 12.5. The number of nitrogens with zero attached hydrogens (tertiary/aromatic N) is 3. The molecule has 1 amide bonds. The Morgan fingerprint density at radius 2 is 2.10 bits per heavy atom. The van der Waals surface area contributed by atoms with Gasteiger partial charge >= 0.3 is 0 Å². The van der Waals surface area contributed by atoms with E-state index in [0.29, 0.717) is 16.6 Å². The van der Waals surface area contributed by atoms with Crippen molar-refractivity contribution in [3.8, 4) is 0 Å². The van der Waals surface area contributed by atoms with Gasteiger partial charge in [0.25, 0.3) is 5.91 Å². The van der Waals surface area contributed by atoms with Gasteiger partial charge in [0.1, 0.15) is 0 Å². The third-order valence-corrected chi connectivity index (χ3v) is 5.41. The van der Waals surface area contributed by atoms with Crippen molar-refractivity contribution in [3.63, 3.8) is 0 Å². The van der Waals surface area contributed by atoms with Crippen LogP contribution in [-0.2, 0) is 0 Å². The Morgan fingerprint density at radius 1 is 1.33 bits per heavy atom. The van der Waals surface area contributed by atoms with Crippen LogP contribution in [0.25, 0.3) is 0 Å². The zero-order valence-electron chi connectivity index (χ0n) is 11.4. The first kappa shape index (κ1) is 14.8. The summed E-state index contributed by atoms with van der Waals surface area (Å²) >= 11 is 8.16. The van der Waals surface area contributed by atoms with Gasteiger partial charge in [0.05, 0.1) is 11.3 Å². The number of amides is 1. The van der Waals surface area contributed by atoms with Gasteiger partial charge in [0.2, 0.25) is 0 Å². The summed E-state index contributed by atoms with van der Waals surface area (Å²) in [6.45, 7) is 1.56. The molecule has 1 aliphatic heterocycles. The van der Waals surface area contributed by atoms with Gasteiger partial charge in [-0.15, -0.1) is 0 Å². The second kappa shape index (κ2) is 6.36. The maximum Gasteiger partial charge on any atom is 0.253 e. The number of hydrogen-bond acceptors (Lipinski definition) is 2. The molecule has 6 heteroatoms. The first-order valence-electron chi connectivity index (χ1n) is 6.87. The predicted molar refractivity (Wildman–Crippen MR) is 90.6 cm³/mol. The molecule has 2 aromatic rings. The van der Waals surface area contributed by atoms with E-state index < -0.39 is 0 Å². The van der Waals surface area contributed by atoms with Crippen LogP contribution in [0, 0.1) is 3.57 Å². The third-order valence-electron chi connectivity index (χ3n) is 3.86. The average Bonchev–Trinajstić information content (AvgIpc) is 3.04. The molecule has 0 bridgehead atoms. The minimum atomic E-state index is 0.0914. The predicted octanol–water partition coefficient (Wildman–Crippen LogP) is 3.62. The number of carbonyl (C=O) groups is 1. The molecule has 0 radical (unpaired) electrons. The van der Waals surface area contributed by atoms with Crippen molar-refractivity contribution < 1.29 is 4.79 Å². The van der Waals surface area contributed by atoms with E-state index in [4.69, 9.17) is 11.6 Å². The van der Waals surface area contributed by atoms with Crippen LogP contribution in [0.2, 0.25) is 5.02 Å². The van der Waals surface area contributed by atoms with Crippen molar-refractivity contribution >= 4 is 40.1 Å². The Kier molecular flexibility index (Phi) is 4.49. The summed E-state index contributed by atoms with van der Waals surface area (Å²) in [6, 6.07) is 5.89. The van der Waals surface area contributed by atoms with E-state index in [-0.39, 0.29) is 5.91 Å². The first-order chi connectivity index (χ1) is 10.1. The lowest BCUT2D eigenvalue weighted by Gasteiger charge is -2.32. The van der Waals surface area contributed by atoms with Crippen molar-refractivity contribution in [1.82, 2.24) is 14.5 Å². The Morgan fingerprint density at radius 3 is 2.71 bits per heavy atom. The van der Waals surface area contributed by atoms with E-state index in [2.05, 4.69) is 32.1 Å². The molecule has 21 heavy (non-hydrogen) atoms. The zero-order valence-corrected chi connectivity index (χ0v) is 14.3. The van der Waals surface area contributed by atoms with Gasteiger partial charge in [-0.2, -0.15) is 0 Å². The normalized spacial score (nSPS) is 16.2. The monoisotopic (exact) mass is 415 g/mol. The van der Waals surface area contributed by atoms with Crippen LogP contribution in [0.15, 0.2) is 36.9 Å². The fourth-order valence-electron chi connectivity index (χ4n) is 2.66. The van der Waals surface area contributed by atoms with Crippen LogP contribution in [0.3, 0.4) is 0 Å². The lowest BCUT2D eigenvalue weighted by molar-refractivity contribution is 0.0694. The minimum absolute atomic E-state index is 0.0914. The number of likely N-dealkylation sites (tertiary alicyclic amines) is 1. The molecule has 0 spiro atoms. The quantitative estimate of drug-likeness (QED) is 0.703. The molecular weight excluding hydrogens is 401 g/mol. The van der Waals surface area contributed by atoms with Crippen LogP contribution in [0.5, 0.6) is 0 Å². The van der Waals surface area contributed by atoms with Crippen LogP contribution in [-0.4, -0.2) is 33.4 Å². The van der Waals surface area contributed by atoms with Gasteiger partial charge in [-0.05, 0) is 53.6 Å². The zero-order chi connectivity index (χ0) is 14.8. The van der Waals surface area contributed by atoms with E-state index in [1.165, 1.54) is 0 Å². The Labute approximate surface area is 142 Å². The highest BCUT2D eigenvalue weighted by atomic mass is 127. The van der Waals surface area contributed by atoms with E-state index in [1.54, 1.807) is 18.3 Å². The van der Waals surface area contributed by atoms with Crippen LogP contribution in [0.1, 0.15) is 29.2 Å². The standard InChI is InChI=1S/C15H15ClIN3O/c16-13-2-1-11(9-14(13)17)15(21)19-6-3-12(4-7-19)20-8-5-18-10-20/h1-2,5,8-10,12H,3-4,6-7H2. The van der Waals surface area contributed by atoms with Gasteiger partial charge in [-0.1, -0.05) is 11.6 Å². The SMILES string of the molecule is O=C(c1ccc(Cl)c(I)c1)N1CCC(n2ccnc2)CC1. The molecule has 1 aromatic heterocycles. The largest absolute Gasteiger partial charge is 0.338 e. The molecule has 1 aromatic carbocycles. The molecule has 3 rings (SSSR count). The second-order valence-electron chi connectivity index (χ2n) is 5.16. The molecule has 1 saturated heterocycles. The molecule has 0 saturated carbocycles. The summed E-state index contributed by atoms with van der Waals surface area (Å²) < 4.78 is 3.04. The van der Waals surface area contributed by atoms with Gasteiger partial charge in [-0.3, -0.25) is 4.79 Å². The Bertz CT molecular complexity index is 636. The molecule has 0 aliphatic carbocycles. The molecule has 0 atom stereocenters. The molecule has 2 heterocycles. The lowest BCUT2D eigenvalue weighted by Crippen LogP contribution is -2.38. The highest BCUT2D eigenvalue weighted by Gasteiger charge is 2.24. The molecule has 0 N–H and O–H groups in total. The van der Waals surface area contributed by atoms with E-state index >= 15 is 0 Å². The second-order valence-corrected chi connectivity index (χ2v) is 6.73. The smallest absolute Gasteiger partial charge is 0.253 e. The van der Waals surface area contributed by atoms with Crippen LogP contribution in [0.4, 0.5) is 0 Å². The molecule has 1 aliphatic rings. The number of carbonyl (C=O) groups excluding carboxylic acids is 1. The number of aromatic nitrogens is 2. The van der Waals surface area contributed by atoms with Gasteiger partial charge in [0, 0.05) is 40.7 Å². The molecule has 0 unspecified atom stereocenters. The van der Waals surface area contributed by atoms with Crippen molar-refractivity contribution in [2.24, 2.45) is 0 Å². The maximum atomic E-state index is 12.5. The summed E-state index contributed by atoms with van der Waals surface area (Å²) in [5.41, 5.74) is 0.713. The van der Waals surface area contributed by atoms with Crippen LogP contribution < -0.4 is 0 Å². The van der Waals surface area contributed by atoms with E-state index in [0.717, 1.165) is 29.5 Å². The highest BCUT2D eigenvalue weighted by Crippen LogP contribution is 2.25. The van der Waals surface area contributed by atoms with E-state index in [1.807, 2.05) is 23.5 Å². The summed E-state index contributed by atoms with van der Waals surface area (Å²) in [5, 5.41) is 0.686. The number of halogens is 2. The van der Waals surface area contributed by atoms with E-state index in [9.17, 15) is 4.79 Å². The molecule has 110 valence electrons. The highest BCUT2D eigenvalue weighted by molar-refractivity contribution is 14.1. The molecular formula is C15H15ClIN3O. The lowest BCUT2D eigenvalue weighted by atomic mass is 10.0. The van der Waals surface area contributed by atoms with Crippen LogP contribution >= 0.6 is 34.2 Å². The van der Waals surface area contributed by atoms with Crippen molar-refractivity contribution in [3.05, 3.63) is 51.1 Å². The Hall–Kier alpha value is -1.08. The third kappa shape index (κ3) is 3.23. The number of piperidine rings is 1. The number of imidazole rings is 1. The summed E-state index contributed by atoms with van der Waals surface area (Å²) in [5.74, 6) is 0.0914. The van der Waals surface area contributed by atoms with Gasteiger partial charge in [0.15, 0.2) is 0 Å². The number of benzene rings is 1. The fraction of sp³-hybridized carbons (Fsp3) is 0.333. The van der Waals surface area contributed by atoms with Crippen molar-refractivity contribution in [2.75, 3.05) is 13.1 Å². The minimum Gasteiger partial charge on any atom is -0.338 e. The summed E-state index contributed by atoms with van der Waals surface area (Å²) in [6.07, 6.45) is 7.57. The molecule has 1 fully saturated rings. The fourth-order valence-corrected chi connectivity index (χ4v) is 3.30. The molecule has 4 nitrogen and oxygen atoms in total. The summed E-state index contributed by atoms with van der Waals surface area (Å²) in [4.78, 5) is 18.5. The number of rotatable bonds is 2.